The molecule has 2 N–H and O–H groups in total. The first-order valence-corrected chi connectivity index (χ1v) is 3.64. The zero-order valence-electron chi connectivity index (χ0n) is 6.91. The monoisotopic (exact) mass is 165 g/mol. The number of nitrogens with two attached hydrogens (primary N) is 1. The number of carbonyl (C=O) groups excluding carboxylic acids is 1. The Morgan fingerprint density at radius 3 is 3.08 bits per heavy atom. The smallest absolute Gasteiger partial charge is 0.330 e. The highest BCUT2D eigenvalue weighted by atomic mass is 16.5. The molecule has 64 valence electrons. The van der Waals surface area contributed by atoms with Crippen molar-refractivity contribution in [1.29, 1.82) is 0 Å². The summed E-state index contributed by atoms with van der Waals surface area (Å²) in [6.45, 7) is 0. The molecule has 0 aromatic carbocycles. The van der Waals surface area contributed by atoms with E-state index < -0.39 is 0 Å². The third kappa shape index (κ3) is 2.27. The highest BCUT2D eigenvalue weighted by Crippen LogP contribution is 2.12. The number of ether oxygens (including phenoxy) is 1. The maximum atomic E-state index is 10.8. The molecule has 0 aromatic heterocycles. The van der Waals surface area contributed by atoms with E-state index in [1.807, 2.05) is 12.2 Å². The number of rotatable bonds is 1. The second-order valence-electron chi connectivity index (χ2n) is 2.49. The highest BCUT2D eigenvalue weighted by molar-refractivity contribution is 5.83. The van der Waals surface area contributed by atoms with Crippen molar-refractivity contribution >= 4 is 5.97 Å². The number of esters is 1. The van der Waals surface area contributed by atoms with Crippen LogP contribution in [-0.2, 0) is 9.53 Å². The quantitative estimate of drug-likeness (QED) is 0.463. The van der Waals surface area contributed by atoms with Crippen molar-refractivity contribution in [3.63, 3.8) is 0 Å². The first kappa shape index (κ1) is 8.59. The molecule has 0 amide bonds. The molecule has 0 saturated heterocycles. The fourth-order valence-electron chi connectivity index (χ4n) is 0.963. The number of hydrogen-bond acceptors (Lipinski definition) is 3. The molecule has 0 spiro atoms. The lowest BCUT2D eigenvalue weighted by molar-refractivity contribution is -0.134. The maximum absolute atomic E-state index is 10.8. The minimum Gasteiger partial charge on any atom is -0.466 e. The summed E-state index contributed by atoms with van der Waals surface area (Å²) in [5, 5.41) is 0. The average Bonchev–Trinajstić information content (AvgIpc) is 2.04. The molecule has 12 heavy (non-hydrogen) atoms. The topological polar surface area (TPSA) is 52.3 Å². The predicted octanol–water partition coefficient (Wildman–Crippen LogP) is 0.888. The Kier molecular flexibility index (Phi) is 2.69. The van der Waals surface area contributed by atoms with Gasteiger partial charge in [0.25, 0.3) is 0 Å². The largest absolute Gasteiger partial charge is 0.466 e. The van der Waals surface area contributed by atoms with Crippen LogP contribution in [0.3, 0.4) is 0 Å². The van der Waals surface area contributed by atoms with E-state index in [0.29, 0.717) is 5.70 Å². The van der Waals surface area contributed by atoms with Crippen molar-refractivity contribution in [1.82, 2.24) is 0 Å². The summed E-state index contributed by atoms with van der Waals surface area (Å²) in [6.07, 6.45) is 7.65. The fraction of sp³-hybridized carbons (Fsp3) is 0.222. The van der Waals surface area contributed by atoms with Crippen LogP contribution in [0, 0.1) is 0 Å². The van der Waals surface area contributed by atoms with E-state index in [0.717, 1.165) is 12.0 Å². The van der Waals surface area contributed by atoms with Gasteiger partial charge in [-0.3, -0.25) is 0 Å². The Morgan fingerprint density at radius 1 is 1.75 bits per heavy atom. The van der Waals surface area contributed by atoms with E-state index in [9.17, 15) is 4.79 Å². The normalized spacial score (nSPS) is 19.1. The minimum absolute atomic E-state index is 0.343. The van der Waals surface area contributed by atoms with Gasteiger partial charge in [-0.05, 0) is 24.1 Å². The molecule has 0 radical (unpaired) electrons. The molecule has 0 aliphatic heterocycles. The van der Waals surface area contributed by atoms with Crippen LogP contribution in [0.4, 0.5) is 0 Å². The number of allylic oxidation sites excluding steroid dienone is 4. The van der Waals surface area contributed by atoms with Crippen molar-refractivity contribution in [2.75, 3.05) is 7.11 Å². The molecule has 0 bridgehead atoms. The molecule has 0 saturated carbocycles. The Bertz CT molecular complexity index is 274. The summed E-state index contributed by atoms with van der Waals surface area (Å²) in [4.78, 5) is 10.8. The van der Waals surface area contributed by atoms with Gasteiger partial charge in [0.1, 0.15) is 0 Å². The van der Waals surface area contributed by atoms with Gasteiger partial charge in [-0.2, -0.15) is 0 Å². The third-order valence-corrected chi connectivity index (χ3v) is 1.52. The van der Waals surface area contributed by atoms with Crippen LogP contribution in [0.1, 0.15) is 6.42 Å². The van der Waals surface area contributed by atoms with Gasteiger partial charge in [0, 0.05) is 11.8 Å². The van der Waals surface area contributed by atoms with Crippen LogP contribution < -0.4 is 5.73 Å². The Morgan fingerprint density at radius 2 is 2.50 bits per heavy atom. The van der Waals surface area contributed by atoms with Crippen molar-refractivity contribution < 1.29 is 9.53 Å². The number of hydrogen-bond donors (Lipinski definition) is 1. The van der Waals surface area contributed by atoms with Crippen molar-refractivity contribution in [2.45, 2.75) is 6.42 Å². The van der Waals surface area contributed by atoms with E-state index in [1.54, 1.807) is 6.08 Å². The summed E-state index contributed by atoms with van der Waals surface area (Å²) in [6, 6.07) is 0. The molecule has 1 aliphatic rings. The van der Waals surface area contributed by atoms with Gasteiger partial charge in [0.2, 0.25) is 0 Å². The maximum Gasteiger partial charge on any atom is 0.330 e. The van der Waals surface area contributed by atoms with E-state index >= 15 is 0 Å². The SMILES string of the molecule is COC(=O)C=C1C=C(N)C=CC1. The lowest BCUT2D eigenvalue weighted by atomic mass is 10.1. The molecule has 1 aliphatic carbocycles. The number of carbonyl (C=O) groups is 1. The zero-order chi connectivity index (χ0) is 8.97. The van der Waals surface area contributed by atoms with Crippen molar-refractivity contribution in [3.8, 4) is 0 Å². The van der Waals surface area contributed by atoms with Gasteiger partial charge in [0.15, 0.2) is 0 Å². The van der Waals surface area contributed by atoms with E-state index in [1.165, 1.54) is 13.2 Å². The Labute approximate surface area is 71.2 Å². The molecule has 0 heterocycles. The first-order chi connectivity index (χ1) is 5.72. The molecular weight excluding hydrogens is 154 g/mol. The lowest BCUT2D eigenvalue weighted by Gasteiger charge is -2.04. The molecule has 3 heteroatoms. The van der Waals surface area contributed by atoms with Crippen LogP contribution in [0.15, 0.2) is 35.6 Å². The van der Waals surface area contributed by atoms with Gasteiger partial charge in [0.05, 0.1) is 7.11 Å². The van der Waals surface area contributed by atoms with Crippen molar-refractivity contribution in [2.24, 2.45) is 5.73 Å². The predicted molar refractivity (Wildman–Crippen MR) is 46.1 cm³/mol. The van der Waals surface area contributed by atoms with Crippen LogP contribution in [0.25, 0.3) is 0 Å². The molecule has 0 atom stereocenters. The molecule has 0 unspecified atom stereocenters. The summed E-state index contributed by atoms with van der Waals surface area (Å²) in [7, 11) is 1.35. The van der Waals surface area contributed by atoms with Crippen LogP contribution in [-0.4, -0.2) is 13.1 Å². The molecule has 0 aromatic rings. The van der Waals surface area contributed by atoms with Crippen molar-refractivity contribution in [3.05, 3.63) is 35.6 Å². The lowest BCUT2D eigenvalue weighted by Crippen LogP contribution is -2.01. The van der Waals surface area contributed by atoms with Gasteiger partial charge >= 0.3 is 5.97 Å². The Balaban J connectivity index is 2.72. The van der Waals surface area contributed by atoms with E-state index in [2.05, 4.69) is 4.74 Å². The summed E-state index contributed by atoms with van der Waals surface area (Å²) >= 11 is 0. The fourth-order valence-corrected chi connectivity index (χ4v) is 0.963. The van der Waals surface area contributed by atoms with Crippen LogP contribution in [0.5, 0.6) is 0 Å². The zero-order valence-corrected chi connectivity index (χ0v) is 6.91. The molecular formula is C9H11NO2. The summed E-state index contributed by atoms with van der Waals surface area (Å²) < 4.78 is 4.48. The second kappa shape index (κ2) is 3.76. The van der Waals surface area contributed by atoms with Gasteiger partial charge in [-0.25, -0.2) is 4.79 Å². The standard InChI is InChI=1S/C9H11NO2/c1-12-9(11)6-7-3-2-4-8(10)5-7/h2,4-6H,3,10H2,1H3. The minimum atomic E-state index is -0.343. The highest BCUT2D eigenvalue weighted by Gasteiger charge is 2.01. The van der Waals surface area contributed by atoms with Gasteiger partial charge in [-0.15, -0.1) is 0 Å². The molecule has 3 nitrogen and oxygen atoms in total. The average molecular weight is 165 g/mol. The first-order valence-electron chi connectivity index (χ1n) is 3.64. The van der Waals surface area contributed by atoms with Crippen LogP contribution in [0.2, 0.25) is 0 Å². The summed E-state index contributed by atoms with van der Waals surface area (Å²) in [5.74, 6) is -0.343. The third-order valence-electron chi connectivity index (χ3n) is 1.52. The summed E-state index contributed by atoms with van der Waals surface area (Å²) in [5.41, 5.74) is 7.06. The van der Waals surface area contributed by atoms with E-state index in [4.69, 9.17) is 5.73 Å². The van der Waals surface area contributed by atoms with E-state index in [-0.39, 0.29) is 5.97 Å². The van der Waals surface area contributed by atoms with Crippen LogP contribution >= 0.6 is 0 Å². The van der Waals surface area contributed by atoms with Gasteiger partial charge in [-0.1, -0.05) is 6.08 Å². The number of methoxy groups -OCH3 is 1. The Hall–Kier alpha value is -1.51. The molecule has 1 rings (SSSR count). The molecule has 0 fully saturated rings. The second-order valence-corrected chi connectivity index (χ2v) is 2.49. The van der Waals surface area contributed by atoms with Gasteiger partial charge < -0.3 is 10.5 Å².